The number of hydrogen-bond donors (Lipinski definition) is 0. The zero-order valence-electron chi connectivity index (χ0n) is 7.90. The predicted octanol–water partition coefficient (Wildman–Crippen LogP) is 2.73. The molecule has 68 valence electrons. The molecule has 0 aliphatic carbocycles. The Hall–Kier alpha value is -1.18. The van der Waals surface area contributed by atoms with E-state index in [0.29, 0.717) is 5.92 Å². The molecular formula is C11H14N2. The fourth-order valence-electron chi connectivity index (χ4n) is 1.70. The first-order valence-corrected chi connectivity index (χ1v) is 4.82. The summed E-state index contributed by atoms with van der Waals surface area (Å²) in [4.78, 5) is 8.85. The third-order valence-corrected chi connectivity index (χ3v) is 2.45. The van der Waals surface area contributed by atoms with E-state index in [4.69, 9.17) is 0 Å². The van der Waals surface area contributed by atoms with Crippen molar-refractivity contribution in [2.45, 2.75) is 26.2 Å². The summed E-state index contributed by atoms with van der Waals surface area (Å²) in [5.41, 5.74) is 2.37. The Labute approximate surface area is 78.8 Å². The van der Waals surface area contributed by atoms with E-state index in [9.17, 15) is 0 Å². The quantitative estimate of drug-likeness (QED) is 0.539. The van der Waals surface area contributed by atoms with Gasteiger partial charge in [0.15, 0.2) is 0 Å². The zero-order chi connectivity index (χ0) is 9.10. The van der Waals surface area contributed by atoms with Crippen molar-refractivity contribution in [2.75, 3.05) is 0 Å². The Morgan fingerprint density at radius 1 is 1.38 bits per heavy atom. The van der Waals surface area contributed by atoms with Crippen LogP contribution in [0.5, 0.6) is 0 Å². The molecule has 2 aliphatic rings. The number of rotatable bonds is 0. The van der Waals surface area contributed by atoms with Gasteiger partial charge in [0.1, 0.15) is 0 Å². The van der Waals surface area contributed by atoms with Crippen LogP contribution in [0.3, 0.4) is 0 Å². The molecule has 2 rings (SSSR count). The van der Waals surface area contributed by atoms with E-state index in [1.165, 1.54) is 11.4 Å². The van der Waals surface area contributed by atoms with Gasteiger partial charge in [-0.2, -0.15) is 0 Å². The average Bonchev–Trinajstić information content (AvgIpc) is 2.14. The van der Waals surface area contributed by atoms with Crippen molar-refractivity contribution in [3.63, 3.8) is 0 Å². The summed E-state index contributed by atoms with van der Waals surface area (Å²) in [5, 5.41) is 0. The second kappa shape index (κ2) is 3.69. The smallest absolute Gasteiger partial charge is 0.0645 e. The highest BCUT2D eigenvalue weighted by Crippen LogP contribution is 2.27. The van der Waals surface area contributed by atoms with Gasteiger partial charge in [0.05, 0.1) is 11.4 Å². The summed E-state index contributed by atoms with van der Waals surface area (Å²) < 4.78 is 0. The van der Waals surface area contributed by atoms with Crippen molar-refractivity contribution in [1.82, 2.24) is 0 Å². The molecule has 0 radical (unpaired) electrons. The first-order valence-electron chi connectivity index (χ1n) is 4.82. The monoisotopic (exact) mass is 174 g/mol. The van der Waals surface area contributed by atoms with Crippen molar-refractivity contribution < 1.29 is 0 Å². The first kappa shape index (κ1) is 8.42. The maximum absolute atomic E-state index is 4.44. The van der Waals surface area contributed by atoms with Crippen molar-refractivity contribution in [3.05, 3.63) is 23.5 Å². The Bertz CT molecular complexity index is 308. The lowest BCUT2D eigenvalue weighted by molar-refractivity contribution is 0.661. The molecule has 0 spiro atoms. The summed E-state index contributed by atoms with van der Waals surface area (Å²) in [6, 6.07) is 0. The van der Waals surface area contributed by atoms with Gasteiger partial charge in [-0.05, 0) is 25.3 Å². The van der Waals surface area contributed by atoms with Crippen LogP contribution in [0.4, 0.5) is 0 Å². The third kappa shape index (κ3) is 1.77. The van der Waals surface area contributed by atoms with Crippen LogP contribution in [0.2, 0.25) is 0 Å². The van der Waals surface area contributed by atoms with Crippen LogP contribution in [0.1, 0.15) is 26.2 Å². The molecule has 0 N–H and O–H groups in total. The lowest BCUT2D eigenvalue weighted by Crippen LogP contribution is -2.05. The SMILES string of the molecule is CC1C/C=C/C=NC2=C1N=CCC2. The van der Waals surface area contributed by atoms with E-state index >= 15 is 0 Å². The van der Waals surface area contributed by atoms with Crippen molar-refractivity contribution in [3.8, 4) is 0 Å². The molecule has 1 atom stereocenters. The lowest BCUT2D eigenvalue weighted by Gasteiger charge is -2.17. The Morgan fingerprint density at radius 3 is 3.23 bits per heavy atom. The first-order chi connectivity index (χ1) is 6.38. The summed E-state index contributed by atoms with van der Waals surface area (Å²) in [7, 11) is 0. The number of allylic oxidation sites excluding steroid dienone is 4. The van der Waals surface area contributed by atoms with Gasteiger partial charge in [0, 0.05) is 18.3 Å². The minimum atomic E-state index is 0.514. The number of hydrogen-bond acceptors (Lipinski definition) is 2. The van der Waals surface area contributed by atoms with Crippen LogP contribution in [-0.2, 0) is 0 Å². The maximum Gasteiger partial charge on any atom is 0.0645 e. The molecule has 2 heteroatoms. The standard InChI is InChI=1S/C11H14N2/c1-9-5-2-3-7-12-10-6-4-8-13-11(9)10/h2-3,7-9H,4-6H2,1H3/b3-2+,12-7?. The summed E-state index contributed by atoms with van der Waals surface area (Å²) in [6.45, 7) is 2.21. The molecular weight excluding hydrogens is 160 g/mol. The fraction of sp³-hybridized carbons (Fsp3) is 0.455. The number of nitrogens with zero attached hydrogens (tertiary/aromatic N) is 2. The van der Waals surface area contributed by atoms with E-state index in [2.05, 4.69) is 23.0 Å². The second-order valence-corrected chi connectivity index (χ2v) is 3.53. The van der Waals surface area contributed by atoms with Gasteiger partial charge < -0.3 is 0 Å². The molecule has 0 aromatic carbocycles. The molecule has 0 bridgehead atoms. The summed E-state index contributed by atoms with van der Waals surface area (Å²) in [6.07, 6.45) is 11.2. The fourth-order valence-corrected chi connectivity index (χ4v) is 1.70. The summed E-state index contributed by atoms with van der Waals surface area (Å²) >= 11 is 0. The maximum atomic E-state index is 4.44. The van der Waals surface area contributed by atoms with Gasteiger partial charge >= 0.3 is 0 Å². The topological polar surface area (TPSA) is 24.7 Å². The largest absolute Gasteiger partial charge is 0.263 e. The molecule has 0 amide bonds. The highest BCUT2D eigenvalue weighted by Gasteiger charge is 2.15. The van der Waals surface area contributed by atoms with Crippen LogP contribution in [0.15, 0.2) is 33.5 Å². The minimum Gasteiger partial charge on any atom is -0.263 e. The van der Waals surface area contributed by atoms with Crippen molar-refractivity contribution in [1.29, 1.82) is 0 Å². The van der Waals surface area contributed by atoms with Crippen LogP contribution < -0.4 is 0 Å². The molecule has 0 saturated heterocycles. The van der Waals surface area contributed by atoms with Crippen molar-refractivity contribution >= 4 is 12.4 Å². The Morgan fingerprint density at radius 2 is 2.31 bits per heavy atom. The molecule has 0 aromatic heterocycles. The van der Waals surface area contributed by atoms with Crippen LogP contribution in [0.25, 0.3) is 0 Å². The molecule has 0 aromatic rings. The normalized spacial score (nSPS) is 29.5. The molecule has 2 aliphatic heterocycles. The van der Waals surface area contributed by atoms with Gasteiger partial charge in [0.25, 0.3) is 0 Å². The average molecular weight is 174 g/mol. The predicted molar refractivity (Wildman–Crippen MR) is 56.2 cm³/mol. The van der Waals surface area contributed by atoms with E-state index < -0.39 is 0 Å². The molecule has 2 heterocycles. The second-order valence-electron chi connectivity index (χ2n) is 3.53. The van der Waals surface area contributed by atoms with Gasteiger partial charge in [-0.3, -0.25) is 9.98 Å². The Kier molecular flexibility index (Phi) is 2.39. The van der Waals surface area contributed by atoms with E-state index in [1.54, 1.807) is 0 Å². The van der Waals surface area contributed by atoms with Gasteiger partial charge in [-0.25, -0.2) is 0 Å². The van der Waals surface area contributed by atoms with E-state index in [1.807, 2.05) is 18.5 Å². The summed E-state index contributed by atoms with van der Waals surface area (Å²) in [5.74, 6) is 0.514. The van der Waals surface area contributed by atoms with Crippen molar-refractivity contribution in [2.24, 2.45) is 15.9 Å². The molecule has 0 saturated carbocycles. The minimum absolute atomic E-state index is 0.514. The molecule has 13 heavy (non-hydrogen) atoms. The van der Waals surface area contributed by atoms with Gasteiger partial charge in [-0.15, -0.1) is 0 Å². The van der Waals surface area contributed by atoms with Crippen LogP contribution in [0, 0.1) is 5.92 Å². The van der Waals surface area contributed by atoms with Gasteiger partial charge in [-0.1, -0.05) is 13.0 Å². The zero-order valence-corrected chi connectivity index (χ0v) is 7.90. The van der Waals surface area contributed by atoms with Gasteiger partial charge in [0.2, 0.25) is 0 Å². The molecule has 1 unspecified atom stereocenters. The molecule has 2 nitrogen and oxygen atoms in total. The highest BCUT2D eigenvalue weighted by atomic mass is 14.8. The number of aliphatic imine (C=N–C) groups is 2. The van der Waals surface area contributed by atoms with E-state index in [-0.39, 0.29) is 0 Å². The van der Waals surface area contributed by atoms with Crippen LogP contribution in [-0.4, -0.2) is 12.4 Å². The lowest BCUT2D eigenvalue weighted by atomic mass is 9.98. The van der Waals surface area contributed by atoms with E-state index in [0.717, 1.165) is 19.3 Å². The Balaban J connectivity index is 2.36. The van der Waals surface area contributed by atoms with Crippen LogP contribution >= 0.6 is 0 Å². The molecule has 0 fully saturated rings. The highest BCUT2D eigenvalue weighted by molar-refractivity contribution is 5.73. The third-order valence-electron chi connectivity index (χ3n) is 2.45.